The van der Waals surface area contributed by atoms with Crippen molar-refractivity contribution in [1.29, 1.82) is 0 Å². The molecule has 1 amide bonds. The fourth-order valence-electron chi connectivity index (χ4n) is 3.32. The number of piperidine rings is 1. The molecule has 0 spiro atoms. The van der Waals surface area contributed by atoms with Gasteiger partial charge in [0.15, 0.2) is 0 Å². The molecule has 0 unspecified atom stereocenters. The van der Waals surface area contributed by atoms with Crippen LogP contribution in [0.2, 0.25) is 0 Å². The number of hydrogen-bond acceptors (Lipinski definition) is 3. The Labute approximate surface area is 138 Å². The molecule has 1 N–H and O–H groups in total. The maximum Gasteiger partial charge on any atom is 0.240 e. The van der Waals surface area contributed by atoms with Gasteiger partial charge in [-0.25, -0.2) is 13.1 Å². The van der Waals surface area contributed by atoms with Crippen LogP contribution in [0.3, 0.4) is 0 Å². The molecule has 3 rings (SSSR count). The number of carbonyl (C=O) groups excluding carboxylic acids is 1. The average Bonchev–Trinajstić information content (AvgIpc) is 3.40. The maximum atomic E-state index is 12.2. The van der Waals surface area contributed by atoms with Crippen molar-refractivity contribution in [3.05, 3.63) is 30.3 Å². The summed E-state index contributed by atoms with van der Waals surface area (Å²) in [6.45, 7) is 1.80. The van der Waals surface area contributed by atoms with Crippen LogP contribution in [0.5, 0.6) is 0 Å². The fourth-order valence-corrected chi connectivity index (χ4v) is 4.37. The first-order valence-corrected chi connectivity index (χ1v) is 9.87. The molecule has 1 aliphatic carbocycles. The Bertz CT molecular complexity index is 633. The van der Waals surface area contributed by atoms with Crippen molar-refractivity contribution in [3.63, 3.8) is 0 Å². The zero-order valence-electron chi connectivity index (χ0n) is 13.3. The van der Waals surface area contributed by atoms with E-state index in [1.165, 1.54) is 12.8 Å². The van der Waals surface area contributed by atoms with Crippen molar-refractivity contribution in [1.82, 2.24) is 9.62 Å². The lowest BCUT2D eigenvalue weighted by Gasteiger charge is -2.32. The van der Waals surface area contributed by atoms with E-state index in [1.54, 1.807) is 30.3 Å². The number of carbonyl (C=O) groups is 1. The van der Waals surface area contributed by atoms with Gasteiger partial charge in [-0.3, -0.25) is 4.79 Å². The van der Waals surface area contributed by atoms with E-state index in [0.717, 1.165) is 37.8 Å². The molecule has 2 fully saturated rings. The van der Waals surface area contributed by atoms with Crippen molar-refractivity contribution < 1.29 is 13.2 Å². The van der Waals surface area contributed by atoms with Crippen LogP contribution in [-0.4, -0.2) is 38.9 Å². The number of hydrogen-bond donors (Lipinski definition) is 1. The number of nitrogens with one attached hydrogen (secondary N) is 1. The van der Waals surface area contributed by atoms with E-state index in [-0.39, 0.29) is 23.8 Å². The summed E-state index contributed by atoms with van der Waals surface area (Å²) in [6.07, 6.45) is 5.15. The summed E-state index contributed by atoms with van der Waals surface area (Å²) in [5, 5.41) is 0. The molecule has 2 aliphatic rings. The molecule has 0 radical (unpaired) electrons. The highest BCUT2D eigenvalue weighted by Crippen LogP contribution is 2.41. The Hall–Kier alpha value is -1.40. The van der Waals surface area contributed by atoms with Gasteiger partial charge in [0, 0.05) is 26.1 Å². The zero-order chi connectivity index (χ0) is 16.3. The molecule has 1 aromatic rings. The maximum absolute atomic E-state index is 12.2. The highest BCUT2D eigenvalue weighted by atomic mass is 32.2. The Morgan fingerprint density at radius 1 is 1.04 bits per heavy atom. The smallest absolute Gasteiger partial charge is 0.240 e. The summed E-state index contributed by atoms with van der Waals surface area (Å²) >= 11 is 0. The van der Waals surface area contributed by atoms with Crippen molar-refractivity contribution in [2.45, 2.75) is 37.0 Å². The van der Waals surface area contributed by atoms with Crippen LogP contribution < -0.4 is 4.72 Å². The van der Waals surface area contributed by atoms with Gasteiger partial charge in [-0.1, -0.05) is 18.2 Å². The monoisotopic (exact) mass is 336 g/mol. The van der Waals surface area contributed by atoms with E-state index in [4.69, 9.17) is 0 Å². The molecule has 0 aromatic heterocycles. The van der Waals surface area contributed by atoms with Gasteiger partial charge in [-0.05, 0) is 49.7 Å². The molecule has 126 valence electrons. The van der Waals surface area contributed by atoms with Crippen LogP contribution in [0.1, 0.15) is 32.1 Å². The molecule has 6 heteroatoms. The number of sulfonamides is 1. The van der Waals surface area contributed by atoms with Crippen molar-refractivity contribution in [2.75, 3.05) is 19.6 Å². The van der Waals surface area contributed by atoms with Gasteiger partial charge in [0.2, 0.25) is 15.9 Å². The van der Waals surface area contributed by atoms with Crippen LogP contribution >= 0.6 is 0 Å². The predicted octanol–water partition coefficient (Wildman–Crippen LogP) is 2.00. The van der Waals surface area contributed by atoms with Gasteiger partial charge in [0.05, 0.1) is 4.90 Å². The summed E-state index contributed by atoms with van der Waals surface area (Å²) in [4.78, 5) is 14.3. The molecule has 5 nitrogen and oxygen atoms in total. The summed E-state index contributed by atoms with van der Waals surface area (Å²) in [7, 11) is -3.52. The van der Waals surface area contributed by atoms with Crippen LogP contribution in [0.4, 0.5) is 0 Å². The summed E-state index contributed by atoms with van der Waals surface area (Å²) in [6, 6.07) is 8.24. The standard InChI is InChI=1S/C17H24N2O3S/c20-17(19-12-9-15(10-13-19)14-6-7-14)8-11-18-23(21,22)16-4-2-1-3-5-16/h1-5,14-15,18H,6-13H2. The summed E-state index contributed by atoms with van der Waals surface area (Å²) in [5.74, 6) is 1.76. The predicted molar refractivity (Wildman–Crippen MR) is 88.3 cm³/mol. The fraction of sp³-hybridized carbons (Fsp3) is 0.588. The minimum Gasteiger partial charge on any atom is -0.343 e. The first-order valence-electron chi connectivity index (χ1n) is 8.39. The van der Waals surface area contributed by atoms with E-state index in [1.807, 2.05) is 4.90 Å². The Morgan fingerprint density at radius 2 is 1.65 bits per heavy atom. The molecular weight excluding hydrogens is 312 g/mol. The van der Waals surface area contributed by atoms with Gasteiger partial charge < -0.3 is 4.90 Å². The summed E-state index contributed by atoms with van der Waals surface area (Å²) in [5.41, 5.74) is 0. The number of nitrogens with zero attached hydrogens (tertiary/aromatic N) is 1. The van der Waals surface area contributed by atoms with Crippen molar-refractivity contribution in [3.8, 4) is 0 Å². The second kappa shape index (κ2) is 7.01. The highest BCUT2D eigenvalue weighted by molar-refractivity contribution is 7.89. The van der Waals surface area contributed by atoms with E-state index in [0.29, 0.717) is 0 Å². The van der Waals surface area contributed by atoms with Crippen molar-refractivity contribution >= 4 is 15.9 Å². The van der Waals surface area contributed by atoms with Crippen molar-refractivity contribution in [2.24, 2.45) is 11.8 Å². The van der Waals surface area contributed by atoms with Gasteiger partial charge in [-0.15, -0.1) is 0 Å². The summed E-state index contributed by atoms with van der Waals surface area (Å²) < 4.78 is 26.7. The molecule has 1 aromatic carbocycles. The second-order valence-corrected chi connectivity index (χ2v) is 8.28. The van der Waals surface area contributed by atoms with Crippen LogP contribution in [0, 0.1) is 11.8 Å². The number of rotatable bonds is 6. The first kappa shape index (κ1) is 16.5. The largest absolute Gasteiger partial charge is 0.343 e. The Morgan fingerprint density at radius 3 is 2.26 bits per heavy atom. The Kier molecular flexibility index (Phi) is 5.02. The lowest BCUT2D eigenvalue weighted by atomic mass is 9.92. The third-order valence-electron chi connectivity index (χ3n) is 4.87. The zero-order valence-corrected chi connectivity index (χ0v) is 14.1. The van der Waals surface area contributed by atoms with E-state index >= 15 is 0 Å². The number of likely N-dealkylation sites (tertiary alicyclic amines) is 1. The number of amides is 1. The quantitative estimate of drug-likeness (QED) is 0.864. The van der Waals surface area contributed by atoms with Crippen LogP contribution in [0.15, 0.2) is 35.2 Å². The lowest BCUT2D eigenvalue weighted by molar-refractivity contribution is -0.132. The second-order valence-electron chi connectivity index (χ2n) is 6.52. The topological polar surface area (TPSA) is 66.5 Å². The molecule has 1 aliphatic heterocycles. The minimum absolute atomic E-state index is 0.0509. The molecular formula is C17H24N2O3S. The normalized spacial score (nSPS) is 19.7. The minimum atomic E-state index is -3.52. The van der Waals surface area contributed by atoms with Gasteiger partial charge in [0.1, 0.15) is 0 Å². The third kappa shape index (κ3) is 4.32. The molecule has 1 saturated heterocycles. The lowest BCUT2D eigenvalue weighted by Crippen LogP contribution is -2.40. The average molecular weight is 336 g/mol. The van der Waals surface area contributed by atoms with Gasteiger partial charge >= 0.3 is 0 Å². The highest BCUT2D eigenvalue weighted by Gasteiger charge is 2.34. The molecule has 0 bridgehead atoms. The van der Waals surface area contributed by atoms with Crippen LogP contribution in [0.25, 0.3) is 0 Å². The number of benzene rings is 1. The van der Waals surface area contributed by atoms with Crippen LogP contribution in [-0.2, 0) is 14.8 Å². The van der Waals surface area contributed by atoms with E-state index in [9.17, 15) is 13.2 Å². The van der Waals surface area contributed by atoms with E-state index in [2.05, 4.69) is 4.72 Å². The third-order valence-corrected chi connectivity index (χ3v) is 6.34. The molecule has 0 atom stereocenters. The SMILES string of the molecule is O=C(CCNS(=O)(=O)c1ccccc1)N1CCC(C2CC2)CC1. The van der Waals surface area contributed by atoms with Gasteiger partial charge in [0.25, 0.3) is 0 Å². The first-order chi connectivity index (χ1) is 11.1. The molecule has 23 heavy (non-hydrogen) atoms. The molecule has 1 heterocycles. The Balaban J connectivity index is 1.42. The van der Waals surface area contributed by atoms with E-state index < -0.39 is 10.0 Å². The van der Waals surface area contributed by atoms with Gasteiger partial charge in [-0.2, -0.15) is 0 Å². The molecule has 1 saturated carbocycles.